The molecule has 0 unspecified atom stereocenters. The quantitative estimate of drug-likeness (QED) is 0.703. The number of piperidine rings is 1. The molecule has 3 aromatic rings. The fourth-order valence-electron chi connectivity index (χ4n) is 3.79. The molecular formula is C25H26N2O. The van der Waals surface area contributed by atoms with Crippen molar-refractivity contribution in [2.45, 2.75) is 25.4 Å². The van der Waals surface area contributed by atoms with Gasteiger partial charge in [-0.25, -0.2) is 0 Å². The molecule has 1 heterocycles. The molecule has 0 aliphatic carbocycles. The Hall–Kier alpha value is -2.91. The predicted molar refractivity (Wildman–Crippen MR) is 114 cm³/mol. The second kappa shape index (κ2) is 8.85. The Kier molecular flexibility index (Phi) is 5.83. The van der Waals surface area contributed by atoms with Crippen LogP contribution in [-0.2, 0) is 6.54 Å². The highest BCUT2D eigenvalue weighted by molar-refractivity contribution is 5.94. The van der Waals surface area contributed by atoms with Gasteiger partial charge in [0.1, 0.15) is 0 Å². The summed E-state index contributed by atoms with van der Waals surface area (Å²) in [5.41, 5.74) is 4.38. The van der Waals surface area contributed by atoms with Gasteiger partial charge in [-0.2, -0.15) is 0 Å². The average Bonchev–Trinajstić information content (AvgIpc) is 2.76. The molecule has 4 rings (SSSR count). The van der Waals surface area contributed by atoms with E-state index >= 15 is 0 Å². The van der Waals surface area contributed by atoms with Crippen molar-refractivity contribution >= 4 is 5.91 Å². The molecule has 142 valence electrons. The predicted octanol–water partition coefficient (Wildman–Crippen LogP) is 4.75. The van der Waals surface area contributed by atoms with E-state index in [9.17, 15) is 4.79 Å². The van der Waals surface area contributed by atoms with Crippen molar-refractivity contribution in [3.63, 3.8) is 0 Å². The van der Waals surface area contributed by atoms with E-state index in [2.05, 4.69) is 52.7 Å². The number of hydrogen-bond acceptors (Lipinski definition) is 2. The normalized spacial score (nSPS) is 15.3. The van der Waals surface area contributed by atoms with E-state index in [4.69, 9.17) is 0 Å². The molecule has 0 atom stereocenters. The topological polar surface area (TPSA) is 32.3 Å². The van der Waals surface area contributed by atoms with E-state index < -0.39 is 0 Å². The first kappa shape index (κ1) is 18.5. The lowest BCUT2D eigenvalue weighted by atomic mass is 10.0. The minimum atomic E-state index is 0.0288. The third kappa shape index (κ3) is 4.68. The minimum Gasteiger partial charge on any atom is -0.349 e. The molecule has 1 aliphatic heterocycles. The highest BCUT2D eigenvalue weighted by Gasteiger charge is 2.21. The second-order valence-electron chi connectivity index (χ2n) is 7.45. The van der Waals surface area contributed by atoms with Crippen molar-refractivity contribution in [3.05, 3.63) is 96.1 Å². The number of nitrogens with one attached hydrogen (secondary N) is 1. The summed E-state index contributed by atoms with van der Waals surface area (Å²) in [7, 11) is 0. The van der Waals surface area contributed by atoms with E-state index in [-0.39, 0.29) is 11.9 Å². The van der Waals surface area contributed by atoms with Gasteiger partial charge < -0.3 is 5.32 Å². The standard InChI is InChI=1S/C25H26N2O/c28-25(23-13-11-22(12-14-23)21-9-5-2-6-10-21)26-24-15-17-27(18-16-24)19-20-7-3-1-4-8-20/h1-14,24H,15-19H2,(H,26,28). The fraction of sp³-hybridized carbons (Fsp3) is 0.240. The maximum Gasteiger partial charge on any atom is 0.251 e. The number of carbonyl (C=O) groups excluding carboxylic acids is 1. The molecule has 1 aliphatic rings. The zero-order chi connectivity index (χ0) is 19.2. The summed E-state index contributed by atoms with van der Waals surface area (Å²) in [5.74, 6) is 0.0288. The van der Waals surface area contributed by atoms with E-state index in [1.807, 2.05) is 42.5 Å². The van der Waals surface area contributed by atoms with Crippen LogP contribution in [0.1, 0.15) is 28.8 Å². The summed E-state index contributed by atoms with van der Waals surface area (Å²) in [6, 6.07) is 28.9. The molecular weight excluding hydrogens is 344 g/mol. The molecule has 1 N–H and O–H groups in total. The number of rotatable bonds is 5. The Labute approximate surface area is 167 Å². The summed E-state index contributed by atoms with van der Waals surface area (Å²) in [5, 5.41) is 3.21. The van der Waals surface area contributed by atoms with E-state index in [1.54, 1.807) is 0 Å². The van der Waals surface area contributed by atoms with Crippen LogP contribution >= 0.6 is 0 Å². The highest BCUT2D eigenvalue weighted by atomic mass is 16.1. The van der Waals surface area contributed by atoms with Crippen LogP contribution in [-0.4, -0.2) is 29.9 Å². The smallest absolute Gasteiger partial charge is 0.251 e. The van der Waals surface area contributed by atoms with Crippen LogP contribution < -0.4 is 5.32 Å². The van der Waals surface area contributed by atoms with Gasteiger partial charge in [0.15, 0.2) is 0 Å². The number of nitrogens with zero attached hydrogens (tertiary/aromatic N) is 1. The van der Waals surface area contributed by atoms with Gasteiger partial charge in [-0.05, 0) is 41.7 Å². The largest absolute Gasteiger partial charge is 0.349 e. The first-order valence-corrected chi connectivity index (χ1v) is 10.0. The van der Waals surface area contributed by atoms with Crippen LogP contribution in [0.4, 0.5) is 0 Å². The lowest BCUT2D eigenvalue weighted by Crippen LogP contribution is -2.44. The lowest BCUT2D eigenvalue weighted by Gasteiger charge is -2.32. The first-order valence-electron chi connectivity index (χ1n) is 10.0. The third-order valence-electron chi connectivity index (χ3n) is 5.43. The van der Waals surface area contributed by atoms with Crippen LogP contribution in [0.5, 0.6) is 0 Å². The summed E-state index contributed by atoms with van der Waals surface area (Å²) in [6.07, 6.45) is 2.00. The Balaban J connectivity index is 1.29. The van der Waals surface area contributed by atoms with Crippen molar-refractivity contribution in [1.29, 1.82) is 0 Å². The number of amides is 1. The molecule has 1 amide bonds. The van der Waals surface area contributed by atoms with Gasteiger partial charge in [0.05, 0.1) is 0 Å². The van der Waals surface area contributed by atoms with E-state index in [0.29, 0.717) is 0 Å². The molecule has 0 spiro atoms. The highest BCUT2D eigenvalue weighted by Crippen LogP contribution is 2.20. The van der Waals surface area contributed by atoms with Gasteiger partial charge >= 0.3 is 0 Å². The van der Waals surface area contributed by atoms with Crippen molar-refractivity contribution in [2.75, 3.05) is 13.1 Å². The van der Waals surface area contributed by atoms with Crippen LogP contribution in [0.3, 0.4) is 0 Å². The molecule has 0 saturated carbocycles. The van der Waals surface area contributed by atoms with Crippen LogP contribution in [0, 0.1) is 0 Å². The van der Waals surface area contributed by atoms with Gasteiger partial charge in [0.2, 0.25) is 0 Å². The van der Waals surface area contributed by atoms with Crippen molar-refractivity contribution < 1.29 is 4.79 Å². The lowest BCUT2D eigenvalue weighted by molar-refractivity contribution is 0.0909. The Morgan fingerprint density at radius 3 is 2.00 bits per heavy atom. The van der Waals surface area contributed by atoms with Crippen LogP contribution in [0.2, 0.25) is 0 Å². The fourth-order valence-corrected chi connectivity index (χ4v) is 3.79. The third-order valence-corrected chi connectivity index (χ3v) is 5.43. The van der Waals surface area contributed by atoms with Gasteiger partial charge in [0, 0.05) is 31.2 Å². The van der Waals surface area contributed by atoms with Crippen molar-refractivity contribution in [1.82, 2.24) is 10.2 Å². The monoisotopic (exact) mass is 370 g/mol. The van der Waals surface area contributed by atoms with Crippen molar-refractivity contribution in [2.24, 2.45) is 0 Å². The van der Waals surface area contributed by atoms with Crippen LogP contribution in [0.15, 0.2) is 84.9 Å². The molecule has 3 aromatic carbocycles. The van der Waals surface area contributed by atoms with Gasteiger partial charge in [-0.1, -0.05) is 72.8 Å². The van der Waals surface area contributed by atoms with E-state index in [1.165, 1.54) is 11.1 Å². The number of likely N-dealkylation sites (tertiary alicyclic amines) is 1. The van der Waals surface area contributed by atoms with Gasteiger partial charge in [-0.15, -0.1) is 0 Å². The minimum absolute atomic E-state index is 0.0288. The van der Waals surface area contributed by atoms with Gasteiger partial charge in [-0.3, -0.25) is 9.69 Å². The molecule has 3 heteroatoms. The Bertz CT molecular complexity index is 883. The SMILES string of the molecule is O=C(NC1CCN(Cc2ccccc2)CC1)c1ccc(-c2ccccc2)cc1. The summed E-state index contributed by atoms with van der Waals surface area (Å²) < 4.78 is 0. The molecule has 0 bridgehead atoms. The Morgan fingerprint density at radius 2 is 1.36 bits per heavy atom. The Morgan fingerprint density at radius 1 is 0.786 bits per heavy atom. The molecule has 3 nitrogen and oxygen atoms in total. The summed E-state index contributed by atoms with van der Waals surface area (Å²) in [6.45, 7) is 3.03. The van der Waals surface area contributed by atoms with Crippen LogP contribution in [0.25, 0.3) is 11.1 Å². The first-order chi connectivity index (χ1) is 13.8. The second-order valence-corrected chi connectivity index (χ2v) is 7.45. The molecule has 0 aromatic heterocycles. The zero-order valence-electron chi connectivity index (χ0n) is 16.1. The maximum absolute atomic E-state index is 12.6. The molecule has 28 heavy (non-hydrogen) atoms. The van der Waals surface area contributed by atoms with Gasteiger partial charge in [0.25, 0.3) is 5.91 Å². The number of benzene rings is 3. The molecule has 1 saturated heterocycles. The summed E-state index contributed by atoms with van der Waals surface area (Å²) >= 11 is 0. The molecule has 1 fully saturated rings. The van der Waals surface area contributed by atoms with E-state index in [0.717, 1.165) is 43.6 Å². The maximum atomic E-state index is 12.6. The number of carbonyl (C=O) groups is 1. The zero-order valence-corrected chi connectivity index (χ0v) is 16.1. The van der Waals surface area contributed by atoms with Crippen molar-refractivity contribution in [3.8, 4) is 11.1 Å². The molecule has 0 radical (unpaired) electrons. The number of hydrogen-bond donors (Lipinski definition) is 1. The average molecular weight is 370 g/mol. The summed E-state index contributed by atoms with van der Waals surface area (Å²) in [4.78, 5) is 15.1.